The highest BCUT2D eigenvalue weighted by molar-refractivity contribution is 7.99. The molecule has 1 amide bonds. The Morgan fingerprint density at radius 2 is 2.06 bits per heavy atom. The monoisotopic (exact) mass is 471 g/mol. The van der Waals surface area contributed by atoms with Gasteiger partial charge in [-0.05, 0) is 29.5 Å². The minimum Gasteiger partial charge on any atom is -0.383 e. The number of anilines is 1. The van der Waals surface area contributed by atoms with E-state index in [0.717, 1.165) is 11.1 Å². The van der Waals surface area contributed by atoms with E-state index in [1.165, 1.54) is 18.2 Å². The van der Waals surface area contributed by atoms with E-state index < -0.39 is 4.92 Å². The summed E-state index contributed by atoms with van der Waals surface area (Å²) in [6.45, 7) is 3.99. The van der Waals surface area contributed by atoms with E-state index in [2.05, 4.69) is 25.7 Å². The fourth-order valence-corrected chi connectivity index (χ4v) is 3.49. The van der Waals surface area contributed by atoms with Gasteiger partial charge in [-0.3, -0.25) is 14.9 Å². The number of carbonyl (C=O) groups is 1. The number of rotatable bonds is 12. The number of thioether (sulfide) groups is 1. The van der Waals surface area contributed by atoms with Crippen LogP contribution in [0.15, 0.2) is 41.7 Å². The van der Waals surface area contributed by atoms with Crippen molar-refractivity contribution in [3.63, 3.8) is 0 Å². The number of amides is 1. The van der Waals surface area contributed by atoms with Gasteiger partial charge in [-0.1, -0.05) is 18.7 Å². The number of nitrogens with one attached hydrogen (secondary N) is 2. The van der Waals surface area contributed by atoms with Crippen molar-refractivity contribution in [3.05, 3.63) is 52.2 Å². The summed E-state index contributed by atoms with van der Waals surface area (Å²) in [5.74, 6) is 1.27. The molecule has 3 aromatic rings. The first-order valence-corrected chi connectivity index (χ1v) is 11.3. The Hall–Kier alpha value is -3.51. The lowest BCUT2D eigenvalue weighted by Crippen LogP contribution is -2.25. The second-order valence-electron chi connectivity index (χ2n) is 6.79. The van der Waals surface area contributed by atoms with Crippen molar-refractivity contribution >= 4 is 46.3 Å². The van der Waals surface area contributed by atoms with Crippen molar-refractivity contribution in [2.24, 2.45) is 0 Å². The Balaban J connectivity index is 1.62. The molecule has 0 aliphatic heterocycles. The standard InChI is InChI=1S/C21H25N7O4S/c1-3-33-21-25-19(23-11-13-32-2)17-14-24-27(20(17)26-21)12-10-22-18(29)9-6-15-4-7-16(8-5-15)28(30)31/h4-9,14H,3,10-13H2,1-2H3,(H,22,29)(H,23,25,26). The van der Waals surface area contributed by atoms with Crippen LogP contribution < -0.4 is 10.6 Å². The van der Waals surface area contributed by atoms with Gasteiger partial charge in [-0.25, -0.2) is 14.6 Å². The van der Waals surface area contributed by atoms with E-state index in [4.69, 9.17) is 4.74 Å². The lowest BCUT2D eigenvalue weighted by Gasteiger charge is -2.09. The zero-order valence-electron chi connectivity index (χ0n) is 18.4. The van der Waals surface area contributed by atoms with Crippen molar-refractivity contribution < 1.29 is 14.5 Å². The van der Waals surface area contributed by atoms with Crippen molar-refractivity contribution in [2.45, 2.75) is 18.6 Å². The van der Waals surface area contributed by atoms with E-state index >= 15 is 0 Å². The second-order valence-corrected chi connectivity index (χ2v) is 8.02. The third-order valence-corrected chi connectivity index (χ3v) is 5.23. The maximum atomic E-state index is 12.1. The number of ether oxygens (including phenoxy) is 1. The van der Waals surface area contributed by atoms with Crippen LogP contribution in [0.4, 0.5) is 11.5 Å². The van der Waals surface area contributed by atoms with E-state index in [-0.39, 0.29) is 11.6 Å². The van der Waals surface area contributed by atoms with Gasteiger partial charge in [0.15, 0.2) is 10.8 Å². The number of methoxy groups -OCH3 is 1. The predicted molar refractivity (Wildman–Crippen MR) is 127 cm³/mol. The first-order chi connectivity index (χ1) is 16.0. The van der Waals surface area contributed by atoms with Crippen molar-refractivity contribution in [1.29, 1.82) is 0 Å². The highest BCUT2D eigenvalue weighted by Gasteiger charge is 2.13. The molecular weight excluding hydrogens is 446 g/mol. The number of nitrogens with zero attached hydrogens (tertiary/aromatic N) is 5. The molecule has 0 aliphatic rings. The van der Waals surface area contributed by atoms with Gasteiger partial charge >= 0.3 is 0 Å². The predicted octanol–water partition coefficient (Wildman–Crippen LogP) is 2.73. The average Bonchev–Trinajstić information content (AvgIpc) is 3.21. The molecule has 0 spiro atoms. The number of nitro benzene ring substituents is 1. The molecule has 2 aromatic heterocycles. The molecule has 0 unspecified atom stereocenters. The Morgan fingerprint density at radius 3 is 2.76 bits per heavy atom. The van der Waals surface area contributed by atoms with Crippen LogP contribution in [0.25, 0.3) is 17.1 Å². The van der Waals surface area contributed by atoms with Gasteiger partial charge < -0.3 is 15.4 Å². The minimum absolute atomic E-state index is 0.00408. The smallest absolute Gasteiger partial charge is 0.269 e. The summed E-state index contributed by atoms with van der Waals surface area (Å²) in [7, 11) is 1.64. The number of non-ortho nitro benzene ring substituents is 1. The second kappa shape index (κ2) is 11.9. The van der Waals surface area contributed by atoms with Crippen LogP contribution in [-0.4, -0.2) is 63.1 Å². The lowest BCUT2D eigenvalue weighted by molar-refractivity contribution is -0.384. The van der Waals surface area contributed by atoms with Crippen LogP contribution in [0, 0.1) is 10.1 Å². The molecule has 174 valence electrons. The Labute approximate surface area is 194 Å². The van der Waals surface area contributed by atoms with Crippen LogP contribution in [0.2, 0.25) is 0 Å². The summed E-state index contributed by atoms with van der Waals surface area (Å²) in [5, 5.41) is 22.6. The molecule has 12 heteroatoms. The first kappa shape index (κ1) is 24.1. The summed E-state index contributed by atoms with van der Waals surface area (Å²) in [4.78, 5) is 31.6. The number of benzene rings is 1. The van der Waals surface area contributed by atoms with Crippen molar-refractivity contribution in [3.8, 4) is 0 Å². The molecule has 33 heavy (non-hydrogen) atoms. The number of carbonyl (C=O) groups excluding carboxylic acids is 1. The first-order valence-electron chi connectivity index (χ1n) is 10.3. The topological polar surface area (TPSA) is 137 Å². The van der Waals surface area contributed by atoms with Crippen LogP contribution in [0.5, 0.6) is 0 Å². The third-order valence-electron chi connectivity index (χ3n) is 4.50. The molecule has 0 saturated carbocycles. The molecule has 0 saturated heterocycles. The summed E-state index contributed by atoms with van der Waals surface area (Å²) in [6, 6.07) is 5.96. The van der Waals surface area contributed by atoms with Crippen molar-refractivity contribution in [1.82, 2.24) is 25.1 Å². The summed E-state index contributed by atoms with van der Waals surface area (Å²) < 4.78 is 6.83. The molecule has 11 nitrogen and oxygen atoms in total. The average molecular weight is 472 g/mol. The van der Waals surface area contributed by atoms with E-state index in [9.17, 15) is 14.9 Å². The highest BCUT2D eigenvalue weighted by Crippen LogP contribution is 2.24. The van der Waals surface area contributed by atoms with Crippen molar-refractivity contribution in [2.75, 3.05) is 37.9 Å². The molecule has 0 radical (unpaired) electrons. The molecule has 0 aliphatic carbocycles. The number of nitro groups is 1. The number of fused-ring (bicyclic) bond motifs is 1. The Kier molecular flexibility index (Phi) is 8.72. The Morgan fingerprint density at radius 1 is 1.27 bits per heavy atom. The molecule has 0 fully saturated rings. The quantitative estimate of drug-likeness (QED) is 0.102. The minimum atomic E-state index is -0.466. The largest absolute Gasteiger partial charge is 0.383 e. The maximum absolute atomic E-state index is 12.1. The molecule has 3 rings (SSSR count). The zero-order valence-corrected chi connectivity index (χ0v) is 19.2. The van der Waals surface area contributed by atoms with Gasteiger partial charge in [0.1, 0.15) is 5.82 Å². The number of hydrogen-bond acceptors (Lipinski definition) is 9. The number of aromatic nitrogens is 4. The van der Waals surface area contributed by atoms with Gasteiger partial charge in [-0.2, -0.15) is 5.10 Å². The van der Waals surface area contributed by atoms with Gasteiger partial charge in [0, 0.05) is 38.4 Å². The van der Waals surface area contributed by atoms with Gasteiger partial charge in [0.2, 0.25) is 5.91 Å². The SMILES string of the molecule is CCSc1nc(NCCOC)c2cnn(CCNC(=O)C=Cc3ccc([N+](=O)[O-])cc3)c2n1. The van der Waals surface area contributed by atoms with Gasteiger partial charge in [0.25, 0.3) is 5.69 Å². The van der Waals surface area contributed by atoms with E-state index in [1.54, 1.807) is 48.0 Å². The molecule has 2 heterocycles. The molecular formula is C21H25N7O4S. The molecule has 0 atom stereocenters. The third kappa shape index (κ3) is 6.73. The highest BCUT2D eigenvalue weighted by atomic mass is 32.2. The molecule has 2 N–H and O–H groups in total. The van der Waals surface area contributed by atoms with Gasteiger partial charge in [-0.15, -0.1) is 0 Å². The molecule has 1 aromatic carbocycles. The summed E-state index contributed by atoms with van der Waals surface area (Å²) in [5.41, 5.74) is 1.39. The van der Waals surface area contributed by atoms with Crippen LogP contribution in [0.1, 0.15) is 12.5 Å². The van der Waals surface area contributed by atoms with E-state index in [1.807, 2.05) is 6.92 Å². The zero-order chi connectivity index (χ0) is 23.6. The molecule has 0 bridgehead atoms. The fraction of sp³-hybridized carbons (Fsp3) is 0.333. The Bertz CT molecular complexity index is 1130. The lowest BCUT2D eigenvalue weighted by atomic mass is 10.2. The van der Waals surface area contributed by atoms with E-state index in [0.29, 0.717) is 48.4 Å². The van der Waals surface area contributed by atoms with Crippen LogP contribution in [0.3, 0.4) is 0 Å². The summed E-state index contributed by atoms with van der Waals surface area (Å²) in [6.07, 6.45) is 4.70. The normalized spacial score (nSPS) is 11.2. The fourth-order valence-electron chi connectivity index (χ4n) is 2.92. The van der Waals surface area contributed by atoms with Gasteiger partial charge in [0.05, 0.1) is 29.7 Å². The maximum Gasteiger partial charge on any atom is 0.269 e. The van der Waals surface area contributed by atoms with Crippen LogP contribution in [-0.2, 0) is 16.1 Å². The van der Waals surface area contributed by atoms with Crippen LogP contribution >= 0.6 is 11.8 Å². The summed E-state index contributed by atoms with van der Waals surface area (Å²) >= 11 is 1.54. The number of hydrogen-bond donors (Lipinski definition) is 2.